The van der Waals surface area contributed by atoms with E-state index in [4.69, 9.17) is 5.11 Å². The fourth-order valence-electron chi connectivity index (χ4n) is 2.95. The van der Waals surface area contributed by atoms with Gasteiger partial charge < -0.3 is 15.7 Å². The lowest BCUT2D eigenvalue weighted by Crippen LogP contribution is -2.76. The molecule has 3 saturated carbocycles. The van der Waals surface area contributed by atoms with Gasteiger partial charge in [0.2, 0.25) is 5.91 Å². The quantitative estimate of drug-likeness (QED) is 0.610. The van der Waals surface area contributed by atoms with E-state index in [-0.39, 0.29) is 16.9 Å². The Morgan fingerprint density at radius 2 is 1.93 bits per heavy atom. The maximum absolute atomic E-state index is 10.8. The number of amides is 2. The van der Waals surface area contributed by atoms with Gasteiger partial charge in [-0.2, -0.15) is 0 Å². The number of hydrogen-bond acceptors (Lipinski definition) is 2. The molecule has 78 valence electrons. The summed E-state index contributed by atoms with van der Waals surface area (Å²) in [6, 6.07) is 0. The average molecular weight is 198 g/mol. The lowest BCUT2D eigenvalue weighted by atomic mass is 9.39. The van der Waals surface area contributed by atoms with Gasteiger partial charge >= 0.3 is 6.09 Å². The number of carbonyl (C=O) groups excluding carboxylic acids is 1. The van der Waals surface area contributed by atoms with Gasteiger partial charge in [0.1, 0.15) is 0 Å². The summed E-state index contributed by atoms with van der Waals surface area (Å²) < 4.78 is 0. The molecule has 0 atom stereocenters. The van der Waals surface area contributed by atoms with Crippen LogP contribution in [0.25, 0.3) is 0 Å². The first-order chi connectivity index (χ1) is 6.45. The van der Waals surface area contributed by atoms with Crippen molar-refractivity contribution in [2.45, 2.75) is 31.7 Å². The second kappa shape index (κ2) is 2.62. The van der Waals surface area contributed by atoms with Gasteiger partial charge in [0.15, 0.2) is 0 Å². The van der Waals surface area contributed by atoms with Crippen molar-refractivity contribution in [3.63, 3.8) is 0 Å². The second-order valence-electron chi connectivity index (χ2n) is 4.65. The zero-order valence-corrected chi connectivity index (χ0v) is 8.09. The van der Waals surface area contributed by atoms with Crippen LogP contribution in [-0.4, -0.2) is 29.2 Å². The SMILES string of the molecule is CC(=O)NC12CC(CNC(=O)O)(C1)C2. The highest BCUT2D eigenvalue weighted by Gasteiger charge is 2.67. The maximum atomic E-state index is 10.8. The van der Waals surface area contributed by atoms with Crippen LogP contribution in [0.5, 0.6) is 0 Å². The fraction of sp³-hybridized carbons (Fsp3) is 0.778. The Labute approximate surface area is 81.9 Å². The Balaban J connectivity index is 1.77. The molecule has 3 aliphatic carbocycles. The molecular weight excluding hydrogens is 184 g/mol. The molecule has 3 N–H and O–H groups in total. The maximum Gasteiger partial charge on any atom is 0.404 e. The Bertz CT molecular complexity index is 281. The first-order valence-electron chi connectivity index (χ1n) is 4.71. The normalized spacial score (nSPS) is 37.8. The highest BCUT2D eigenvalue weighted by Crippen LogP contribution is 2.66. The van der Waals surface area contributed by atoms with Crippen LogP contribution < -0.4 is 10.6 Å². The molecule has 0 aromatic heterocycles. The van der Waals surface area contributed by atoms with Crippen LogP contribution in [0.3, 0.4) is 0 Å². The number of carboxylic acid groups (broad SMARTS) is 1. The van der Waals surface area contributed by atoms with E-state index in [0.29, 0.717) is 6.54 Å². The van der Waals surface area contributed by atoms with E-state index in [1.165, 1.54) is 6.92 Å². The predicted molar refractivity (Wildman–Crippen MR) is 48.9 cm³/mol. The first kappa shape index (κ1) is 9.30. The van der Waals surface area contributed by atoms with E-state index in [0.717, 1.165) is 19.3 Å². The zero-order valence-electron chi connectivity index (χ0n) is 8.09. The van der Waals surface area contributed by atoms with Crippen LogP contribution >= 0.6 is 0 Å². The van der Waals surface area contributed by atoms with E-state index in [1.54, 1.807) is 0 Å². The van der Waals surface area contributed by atoms with E-state index < -0.39 is 6.09 Å². The third-order valence-corrected chi connectivity index (χ3v) is 3.20. The van der Waals surface area contributed by atoms with Gasteiger partial charge in [0.25, 0.3) is 0 Å². The van der Waals surface area contributed by atoms with Crippen LogP contribution in [-0.2, 0) is 4.79 Å². The van der Waals surface area contributed by atoms with Crippen molar-refractivity contribution in [3.8, 4) is 0 Å². The molecule has 5 nitrogen and oxygen atoms in total. The Morgan fingerprint density at radius 1 is 1.36 bits per heavy atom. The minimum absolute atomic E-state index is 0.00416. The predicted octanol–water partition coefficient (Wildman–Crippen LogP) is 0.313. The topological polar surface area (TPSA) is 78.4 Å². The molecule has 3 fully saturated rings. The number of rotatable bonds is 3. The van der Waals surface area contributed by atoms with Crippen molar-refractivity contribution in [1.82, 2.24) is 10.6 Å². The molecule has 3 rings (SSSR count). The standard InChI is InChI=1S/C9H14N2O3/c1-6(12)11-9-2-8(3-9,4-9)5-10-7(13)14/h10H,2-5H2,1H3,(H,11,12)(H,13,14). The lowest BCUT2D eigenvalue weighted by molar-refractivity contribution is -0.161. The zero-order chi connectivity index (χ0) is 10.4. The summed E-state index contributed by atoms with van der Waals surface area (Å²) in [5.74, 6) is 0.00416. The molecule has 0 unspecified atom stereocenters. The van der Waals surface area contributed by atoms with E-state index >= 15 is 0 Å². The van der Waals surface area contributed by atoms with E-state index in [9.17, 15) is 9.59 Å². The average Bonchev–Trinajstić information content (AvgIpc) is 1.90. The van der Waals surface area contributed by atoms with Crippen molar-refractivity contribution in [3.05, 3.63) is 0 Å². The summed E-state index contributed by atoms with van der Waals surface area (Å²) >= 11 is 0. The van der Waals surface area contributed by atoms with Crippen molar-refractivity contribution < 1.29 is 14.7 Å². The molecule has 2 amide bonds. The molecule has 0 spiro atoms. The van der Waals surface area contributed by atoms with Crippen molar-refractivity contribution in [2.24, 2.45) is 5.41 Å². The molecule has 3 aliphatic rings. The van der Waals surface area contributed by atoms with Crippen LogP contribution in [0.4, 0.5) is 4.79 Å². The fourth-order valence-corrected chi connectivity index (χ4v) is 2.95. The monoisotopic (exact) mass is 198 g/mol. The summed E-state index contributed by atoms with van der Waals surface area (Å²) in [5, 5.41) is 13.8. The summed E-state index contributed by atoms with van der Waals surface area (Å²) in [5.41, 5.74) is 0.146. The molecule has 0 saturated heterocycles. The highest BCUT2D eigenvalue weighted by molar-refractivity contribution is 5.74. The summed E-state index contributed by atoms with van der Waals surface area (Å²) in [6.07, 6.45) is 1.78. The molecule has 0 aromatic rings. The van der Waals surface area contributed by atoms with Gasteiger partial charge in [-0.25, -0.2) is 4.79 Å². The Hall–Kier alpha value is -1.26. The molecule has 14 heavy (non-hydrogen) atoms. The Morgan fingerprint density at radius 3 is 2.36 bits per heavy atom. The second-order valence-corrected chi connectivity index (χ2v) is 4.65. The molecular formula is C9H14N2O3. The van der Waals surface area contributed by atoms with Gasteiger partial charge in [-0.1, -0.05) is 0 Å². The van der Waals surface area contributed by atoms with E-state index in [1.807, 2.05) is 0 Å². The molecule has 0 heterocycles. The molecule has 0 aromatic carbocycles. The summed E-state index contributed by atoms with van der Waals surface area (Å²) in [4.78, 5) is 21.1. The highest BCUT2D eigenvalue weighted by atomic mass is 16.4. The molecule has 0 radical (unpaired) electrons. The number of carbonyl (C=O) groups is 2. The largest absolute Gasteiger partial charge is 0.465 e. The van der Waals surface area contributed by atoms with Crippen LogP contribution in [0.2, 0.25) is 0 Å². The minimum atomic E-state index is -0.969. The van der Waals surface area contributed by atoms with Crippen molar-refractivity contribution >= 4 is 12.0 Å². The van der Waals surface area contributed by atoms with Crippen molar-refractivity contribution in [1.29, 1.82) is 0 Å². The minimum Gasteiger partial charge on any atom is -0.465 e. The number of hydrogen-bond donors (Lipinski definition) is 3. The van der Waals surface area contributed by atoms with Crippen molar-refractivity contribution in [2.75, 3.05) is 6.54 Å². The smallest absolute Gasteiger partial charge is 0.404 e. The van der Waals surface area contributed by atoms with Crippen LogP contribution in [0.1, 0.15) is 26.2 Å². The lowest BCUT2D eigenvalue weighted by Gasteiger charge is -2.70. The molecule has 0 aliphatic heterocycles. The van der Waals surface area contributed by atoms with E-state index in [2.05, 4.69) is 10.6 Å². The van der Waals surface area contributed by atoms with Gasteiger partial charge in [-0.3, -0.25) is 4.79 Å². The van der Waals surface area contributed by atoms with Gasteiger partial charge in [-0.15, -0.1) is 0 Å². The van der Waals surface area contributed by atoms with Crippen LogP contribution in [0, 0.1) is 5.41 Å². The summed E-state index contributed by atoms with van der Waals surface area (Å²) in [7, 11) is 0. The molecule has 5 heteroatoms. The third kappa shape index (κ3) is 1.32. The Kier molecular flexibility index (Phi) is 1.74. The van der Waals surface area contributed by atoms with Crippen LogP contribution in [0.15, 0.2) is 0 Å². The van der Waals surface area contributed by atoms with Gasteiger partial charge in [0.05, 0.1) is 0 Å². The molecule has 2 bridgehead atoms. The summed E-state index contributed by atoms with van der Waals surface area (Å²) in [6.45, 7) is 2.03. The van der Waals surface area contributed by atoms with Gasteiger partial charge in [-0.05, 0) is 24.7 Å². The third-order valence-electron chi connectivity index (χ3n) is 3.20. The number of nitrogens with one attached hydrogen (secondary N) is 2. The van der Waals surface area contributed by atoms with Gasteiger partial charge in [0, 0.05) is 19.0 Å². The first-order valence-corrected chi connectivity index (χ1v) is 4.71.